The number of nitro benzene ring substituents is 1. The maximum absolute atomic E-state index is 10.9. The van der Waals surface area contributed by atoms with E-state index in [1.54, 1.807) is 12.1 Å². The van der Waals surface area contributed by atoms with Gasteiger partial charge in [-0.25, -0.2) is 0 Å². The summed E-state index contributed by atoms with van der Waals surface area (Å²) in [4.78, 5) is 10.5. The molecule has 1 unspecified atom stereocenters. The fourth-order valence-corrected chi connectivity index (χ4v) is 2.20. The van der Waals surface area contributed by atoms with Gasteiger partial charge in [0.2, 0.25) is 0 Å². The van der Waals surface area contributed by atoms with E-state index in [1.807, 2.05) is 0 Å². The average Bonchev–Trinajstić information content (AvgIpc) is 3.11. The molecule has 1 aliphatic carbocycles. The first-order valence-electron chi connectivity index (χ1n) is 5.82. The third kappa shape index (κ3) is 2.88. The Balaban J connectivity index is 2.21. The van der Waals surface area contributed by atoms with Gasteiger partial charge in [-0.15, -0.1) is 0 Å². The van der Waals surface area contributed by atoms with E-state index in [-0.39, 0.29) is 5.69 Å². The Kier molecular flexibility index (Phi) is 3.52. The van der Waals surface area contributed by atoms with Gasteiger partial charge < -0.3 is 5.32 Å². The molecule has 1 aromatic carbocycles. The monoisotopic (exact) mass is 254 g/mol. The van der Waals surface area contributed by atoms with Crippen molar-refractivity contribution < 1.29 is 4.92 Å². The predicted molar refractivity (Wildman–Crippen MR) is 68.5 cm³/mol. The van der Waals surface area contributed by atoms with Crippen LogP contribution in [0.1, 0.15) is 26.2 Å². The molecule has 1 aliphatic rings. The zero-order valence-corrected chi connectivity index (χ0v) is 10.4. The van der Waals surface area contributed by atoms with Crippen LogP contribution in [0.5, 0.6) is 0 Å². The minimum Gasteiger partial charge on any atom is -0.376 e. The van der Waals surface area contributed by atoms with Crippen molar-refractivity contribution in [1.29, 1.82) is 0 Å². The second kappa shape index (κ2) is 4.92. The lowest BCUT2D eigenvalue weighted by Crippen LogP contribution is -2.21. The number of halogens is 1. The van der Waals surface area contributed by atoms with E-state index in [9.17, 15) is 10.1 Å². The van der Waals surface area contributed by atoms with Crippen LogP contribution < -0.4 is 5.32 Å². The molecule has 0 bridgehead atoms. The summed E-state index contributed by atoms with van der Waals surface area (Å²) >= 11 is 5.77. The molecule has 0 heterocycles. The molecule has 0 saturated heterocycles. The van der Waals surface area contributed by atoms with Gasteiger partial charge >= 0.3 is 0 Å². The molecule has 2 rings (SSSR count). The maximum atomic E-state index is 10.9. The normalized spacial score (nSPS) is 16.6. The Hall–Kier alpha value is -1.29. The van der Waals surface area contributed by atoms with Gasteiger partial charge in [-0.2, -0.15) is 0 Å². The zero-order chi connectivity index (χ0) is 12.4. The first-order valence-corrected chi connectivity index (χ1v) is 6.20. The summed E-state index contributed by atoms with van der Waals surface area (Å²) in [5.74, 6) is 0.662. The minimum atomic E-state index is -0.395. The summed E-state index contributed by atoms with van der Waals surface area (Å²) in [5, 5.41) is 14.6. The third-order valence-corrected chi connectivity index (χ3v) is 3.36. The molecule has 0 spiro atoms. The van der Waals surface area contributed by atoms with Crippen molar-refractivity contribution in [2.24, 2.45) is 5.92 Å². The van der Waals surface area contributed by atoms with E-state index in [4.69, 9.17) is 11.6 Å². The first kappa shape index (κ1) is 12.2. The number of benzene rings is 1. The third-order valence-electron chi connectivity index (χ3n) is 3.13. The van der Waals surface area contributed by atoms with E-state index in [0.29, 0.717) is 22.7 Å². The van der Waals surface area contributed by atoms with Crippen molar-refractivity contribution in [2.75, 3.05) is 5.32 Å². The highest BCUT2D eigenvalue weighted by Crippen LogP contribution is 2.37. The Labute approximate surface area is 105 Å². The number of nitrogens with zero attached hydrogens (tertiary/aromatic N) is 1. The predicted octanol–water partition coefficient (Wildman–Crippen LogP) is 3.85. The van der Waals surface area contributed by atoms with E-state index < -0.39 is 4.92 Å². The zero-order valence-electron chi connectivity index (χ0n) is 9.65. The molecular weight excluding hydrogens is 240 g/mol. The Bertz CT molecular complexity index is 433. The Morgan fingerprint density at radius 3 is 2.82 bits per heavy atom. The van der Waals surface area contributed by atoms with Crippen LogP contribution in [0.15, 0.2) is 18.2 Å². The van der Waals surface area contributed by atoms with Gasteiger partial charge in [0.05, 0.1) is 4.92 Å². The second-order valence-corrected chi connectivity index (χ2v) is 4.85. The van der Waals surface area contributed by atoms with E-state index >= 15 is 0 Å². The molecule has 1 atom stereocenters. The molecule has 0 aliphatic heterocycles. The van der Waals surface area contributed by atoms with Crippen molar-refractivity contribution in [2.45, 2.75) is 32.2 Å². The highest BCUT2D eigenvalue weighted by atomic mass is 35.5. The van der Waals surface area contributed by atoms with Crippen LogP contribution in [0.3, 0.4) is 0 Å². The van der Waals surface area contributed by atoms with Crippen molar-refractivity contribution in [1.82, 2.24) is 0 Å². The summed E-state index contributed by atoms with van der Waals surface area (Å²) < 4.78 is 0. The van der Waals surface area contributed by atoms with Crippen molar-refractivity contribution in [3.05, 3.63) is 33.3 Å². The fraction of sp³-hybridized carbons (Fsp3) is 0.500. The summed E-state index contributed by atoms with van der Waals surface area (Å²) in [6.07, 6.45) is 3.41. The number of nitrogens with one attached hydrogen (secondary N) is 1. The van der Waals surface area contributed by atoms with E-state index in [0.717, 1.165) is 6.42 Å². The van der Waals surface area contributed by atoms with Gasteiger partial charge in [-0.05, 0) is 37.3 Å². The van der Waals surface area contributed by atoms with Crippen LogP contribution >= 0.6 is 11.6 Å². The van der Waals surface area contributed by atoms with Crippen LogP contribution in [-0.2, 0) is 0 Å². The largest absolute Gasteiger partial charge is 0.376 e. The quantitative estimate of drug-likeness (QED) is 0.641. The molecular formula is C12H15ClN2O2. The lowest BCUT2D eigenvalue weighted by molar-refractivity contribution is -0.384. The van der Waals surface area contributed by atoms with Gasteiger partial charge in [0.25, 0.3) is 5.69 Å². The number of nitro groups is 1. The molecule has 1 N–H and O–H groups in total. The molecule has 0 radical (unpaired) electrons. The topological polar surface area (TPSA) is 55.2 Å². The van der Waals surface area contributed by atoms with Crippen LogP contribution in [0, 0.1) is 16.0 Å². The summed E-state index contributed by atoms with van der Waals surface area (Å²) in [6.45, 7) is 2.09. The number of hydrogen-bond donors (Lipinski definition) is 1. The van der Waals surface area contributed by atoms with Crippen molar-refractivity contribution >= 4 is 23.0 Å². The highest BCUT2D eigenvalue weighted by molar-refractivity contribution is 6.30. The molecule has 1 aromatic rings. The van der Waals surface area contributed by atoms with Crippen LogP contribution in [0.4, 0.5) is 11.4 Å². The van der Waals surface area contributed by atoms with E-state index in [2.05, 4.69) is 12.2 Å². The van der Waals surface area contributed by atoms with Gasteiger partial charge in [-0.3, -0.25) is 10.1 Å². The van der Waals surface area contributed by atoms with Crippen molar-refractivity contribution in [3.63, 3.8) is 0 Å². The summed E-state index contributed by atoms with van der Waals surface area (Å²) in [5.41, 5.74) is 0.620. The Morgan fingerprint density at radius 1 is 1.59 bits per heavy atom. The minimum absolute atomic E-state index is 0.0524. The number of anilines is 1. The van der Waals surface area contributed by atoms with Crippen LogP contribution in [0.25, 0.3) is 0 Å². The van der Waals surface area contributed by atoms with Gasteiger partial charge in [0, 0.05) is 17.1 Å². The number of hydrogen-bond acceptors (Lipinski definition) is 3. The summed E-state index contributed by atoms with van der Waals surface area (Å²) in [7, 11) is 0. The SMILES string of the molecule is CCC(Nc1ccc(Cl)cc1[N+](=O)[O-])C1CC1. The molecule has 92 valence electrons. The molecule has 1 saturated carbocycles. The van der Waals surface area contributed by atoms with Crippen LogP contribution in [0.2, 0.25) is 5.02 Å². The average molecular weight is 255 g/mol. The van der Waals surface area contributed by atoms with E-state index in [1.165, 1.54) is 18.9 Å². The van der Waals surface area contributed by atoms with Crippen LogP contribution in [-0.4, -0.2) is 11.0 Å². The van der Waals surface area contributed by atoms with Gasteiger partial charge in [0.1, 0.15) is 5.69 Å². The molecule has 0 amide bonds. The standard InChI is InChI=1S/C12H15ClN2O2/c1-2-10(8-3-4-8)14-11-6-5-9(13)7-12(11)15(16)17/h5-8,10,14H,2-4H2,1H3. The maximum Gasteiger partial charge on any atom is 0.293 e. The molecule has 4 nitrogen and oxygen atoms in total. The van der Waals surface area contributed by atoms with Gasteiger partial charge in [0.15, 0.2) is 0 Å². The fourth-order valence-electron chi connectivity index (χ4n) is 2.03. The smallest absolute Gasteiger partial charge is 0.293 e. The highest BCUT2D eigenvalue weighted by Gasteiger charge is 2.31. The second-order valence-electron chi connectivity index (χ2n) is 4.42. The lowest BCUT2D eigenvalue weighted by atomic mass is 10.1. The van der Waals surface area contributed by atoms with Gasteiger partial charge in [-0.1, -0.05) is 18.5 Å². The lowest BCUT2D eigenvalue weighted by Gasteiger charge is -2.17. The molecule has 5 heteroatoms. The molecule has 1 fully saturated rings. The molecule has 17 heavy (non-hydrogen) atoms. The Morgan fingerprint density at radius 2 is 2.29 bits per heavy atom. The first-order chi connectivity index (χ1) is 8.11. The molecule has 0 aromatic heterocycles. The number of rotatable bonds is 5. The van der Waals surface area contributed by atoms with Crippen molar-refractivity contribution in [3.8, 4) is 0 Å². The summed E-state index contributed by atoms with van der Waals surface area (Å²) in [6, 6.07) is 5.08.